The maximum atomic E-state index is 10.7. The zero-order chi connectivity index (χ0) is 12.6. The first-order valence-corrected chi connectivity index (χ1v) is 5.48. The summed E-state index contributed by atoms with van der Waals surface area (Å²) in [7, 11) is 0. The van der Waals surface area contributed by atoms with Gasteiger partial charge in [0.25, 0.3) is 0 Å². The minimum absolute atomic E-state index is 0.149. The summed E-state index contributed by atoms with van der Waals surface area (Å²) in [6.07, 6.45) is 0. The summed E-state index contributed by atoms with van der Waals surface area (Å²) >= 11 is 3.21. The van der Waals surface area contributed by atoms with Crippen molar-refractivity contribution in [2.24, 2.45) is 0 Å². The van der Waals surface area contributed by atoms with Gasteiger partial charge in [0.15, 0.2) is 0 Å². The number of rotatable bonds is 2. The van der Waals surface area contributed by atoms with Gasteiger partial charge in [-0.3, -0.25) is 0 Å². The van der Waals surface area contributed by atoms with Crippen LogP contribution >= 0.6 is 15.9 Å². The molecule has 1 aromatic heterocycles. The molecule has 0 saturated carbocycles. The van der Waals surface area contributed by atoms with E-state index in [0.717, 1.165) is 0 Å². The molecule has 0 fully saturated rings. The number of benzene rings is 1. The number of phenols is 1. The van der Waals surface area contributed by atoms with E-state index in [1.807, 2.05) is 0 Å². The highest BCUT2D eigenvalue weighted by Crippen LogP contribution is 2.32. The smallest absolute Gasteiger partial charge is 0.374 e. The summed E-state index contributed by atoms with van der Waals surface area (Å²) in [5.41, 5.74) is 1.74. The number of carbonyl (C=O) groups is 1. The fourth-order valence-electron chi connectivity index (χ4n) is 1.40. The van der Waals surface area contributed by atoms with Crippen molar-refractivity contribution in [1.82, 2.24) is 5.16 Å². The molecule has 1 heterocycles. The molecule has 17 heavy (non-hydrogen) atoms. The highest BCUT2D eigenvalue weighted by Gasteiger charge is 2.14. The lowest BCUT2D eigenvalue weighted by molar-refractivity contribution is 0.0652. The SMILES string of the molecule is Cc1cc(-c2cc(C(=O)O)on2)cc(Br)c1O. The molecule has 0 spiro atoms. The maximum absolute atomic E-state index is 10.7. The van der Waals surface area contributed by atoms with E-state index >= 15 is 0 Å². The number of nitrogens with zero attached hydrogens (tertiary/aromatic N) is 1. The number of aromatic nitrogens is 1. The van der Waals surface area contributed by atoms with Crippen molar-refractivity contribution >= 4 is 21.9 Å². The molecular formula is C11H8BrNO4. The van der Waals surface area contributed by atoms with Crippen molar-refractivity contribution in [3.63, 3.8) is 0 Å². The van der Waals surface area contributed by atoms with Crippen LogP contribution in [0.1, 0.15) is 16.1 Å². The minimum atomic E-state index is -1.17. The number of hydrogen-bond acceptors (Lipinski definition) is 4. The molecule has 0 aliphatic carbocycles. The Labute approximate surface area is 105 Å². The van der Waals surface area contributed by atoms with Gasteiger partial charge in [0.05, 0.1) is 4.47 Å². The van der Waals surface area contributed by atoms with Crippen molar-refractivity contribution in [3.05, 3.63) is 34.0 Å². The molecule has 2 rings (SSSR count). The molecule has 0 aliphatic heterocycles. The van der Waals surface area contributed by atoms with Crippen molar-refractivity contribution in [1.29, 1.82) is 0 Å². The molecule has 0 radical (unpaired) electrons. The van der Waals surface area contributed by atoms with E-state index in [0.29, 0.717) is 21.3 Å². The van der Waals surface area contributed by atoms with Crippen LogP contribution in [0.3, 0.4) is 0 Å². The molecule has 0 aliphatic rings. The molecular weight excluding hydrogens is 290 g/mol. The Bertz CT molecular complexity index is 568. The van der Waals surface area contributed by atoms with Gasteiger partial charge in [0, 0.05) is 11.6 Å². The number of aromatic hydroxyl groups is 1. The fraction of sp³-hybridized carbons (Fsp3) is 0.0909. The van der Waals surface area contributed by atoms with Crippen LogP contribution in [0, 0.1) is 6.92 Å². The zero-order valence-corrected chi connectivity index (χ0v) is 10.4. The molecule has 0 unspecified atom stereocenters. The standard InChI is InChI=1S/C11H8BrNO4/c1-5-2-6(3-7(12)10(5)14)8-4-9(11(15)16)17-13-8/h2-4,14H,1H3,(H,15,16). The van der Waals surface area contributed by atoms with Gasteiger partial charge in [-0.05, 0) is 40.5 Å². The van der Waals surface area contributed by atoms with Crippen LogP contribution in [-0.4, -0.2) is 21.3 Å². The van der Waals surface area contributed by atoms with Gasteiger partial charge in [-0.25, -0.2) is 4.79 Å². The van der Waals surface area contributed by atoms with E-state index in [4.69, 9.17) is 5.11 Å². The largest absolute Gasteiger partial charge is 0.506 e. The van der Waals surface area contributed by atoms with Gasteiger partial charge in [0.1, 0.15) is 11.4 Å². The van der Waals surface area contributed by atoms with Crippen LogP contribution in [0.25, 0.3) is 11.3 Å². The third-order valence-electron chi connectivity index (χ3n) is 2.27. The van der Waals surface area contributed by atoms with E-state index in [1.165, 1.54) is 6.07 Å². The van der Waals surface area contributed by atoms with Crippen molar-refractivity contribution < 1.29 is 19.5 Å². The quantitative estimate of drug-likeness (QED) is 0.890. The predicted octanol–water partition coefficient (Wildman–Crippen LogP) is 2.82. The zero-order valence-electron chi connectivity index (χ0n) is 8.77. The number of halogens is 1. The maximum Gasteiger partial charge on any atom is 0.374 e. The van der Waals surface area contributed by atoms with E-state index in [1.54, 1.807) is 19.1 Å². The third kappa shape index (κ3) is 2.16. The normalized spacial score (nSPS) is 10.5. The summed E-state index contributed by atoms with van der Waals surface area (Å²) in [5.74, 6) is -1.24. The number of carboxylic acids is 1. The lowest BCUT2D eigenvalue weighted by atomic mass is 10.1. The second kappa shape index (κ2) is 4.21. The predicted molar refractivity (Wildman–Crippen MR) is 63.0 cm³/mol. The first-order valence-electron chi connectivity index (χ1n) is 4.68. The molecule has 0 amide bonds. The van der Waals surface area contributed by atoms with Crippen molar-refractivity contribution in [2.45, 2.75) is 6.92 Å². The average molecular weight is 298 g/mol. The summed E-state index contributed by atoms with van der Waals surface area (Å²) in [5, 5.41) is 22.0. The second-order valence-corrected chi connectivity index (χ2v) is 4.36. The Morgan fingerprint density at radius 1 is 1.41 bits per heavy atom. The Kier molecular flexibility index (Phi) is 2.89. The highest BCUT2D eigenvalue weighted by atomic mass is 79.9. The number of aryl methyl sites for hydroxylation is 1. The Morgan fingerprint density at radius 2 is 2.12 bits per heavy atom. The highest BCUT2D eigenvalue weighted by molar-refractivity contribution is 9.10. The summed E-state index contributed by atoms with van der Waals surface area (Å²) < 4.78 is 5.18. The Morgan fingerprint density at radius 3 is 2.65 bits per heavy atom. The first-order chi connectivity index (χ1) is 7.99. The molecule has 1 aromatic carbocycles. The topological polar surface area (TPSA) is 83.6 Å². The monoisotopic (exact) mass is 297 g/mol. The number of carboxylic acid groups (broad SMARTS) is 1. The Hall–Kier alpha value is -1.82. The number of aromatic carboxylic acids is 1. The Balaban J connectivity index is 2.49. The average Bonchev–Trinajstić information content (AvgIpc) is 2.74. The van der Waals surface area contributed by atoms with Crippen LogP contribution in [0.5, 0.6) is 5.75 Å². The molecule has 2 N–H and O–H groups in total. The van der Waals surface area contributed by atoms with Gasteiger partial charge in [0.2, 0.25) is 5.76 Å². The molecule has 0 saturated heterocycles. The van der Waals surface area contributed by atoms with Gasteiger partial charge in [-0.1, -0.05) is 5.16 Å². The van der Waals surface area contributed by atoms with Gasteiger partial charge < -0.3 is 14.7 Å². The molecule has 88 valence electrons. The van der Waals surface area contributed by atoms with Gasteiger partial charge >= 0.3 is 5.97 Å². The third-order valence-corrected chi connectivity index (χ3v) is 2.88. The first kappa shape index (κ1) is 11.7. The lowest BCUT2D eigenvalue weighted by Crippen LogP contribution is -1.91. The van der Waals surface area contributed by atoms with Crippen LogP contribution in [-0.2, 0) is 0 Å². The summed E-state index contributed by atoms with van der Waals surface area (Å²) in [4.78, 5) is 10.7. The number of hydrogen-bond donors (Lipinski definition) is 2. The van der Waals surface area contributed by atoms with Crippen LogP contribution < -0.4 is 0 Å². The van der Waals surface area contributed by atoms with E-state index in [2.05, 4.69) is 25.6 Å². The van der Waals surface area contributed by atoms with E-state index in [-0.39, 0.29) is 11.5 Å². The van der Waals surface area contributed by atoms with Crippen molar-refractivity contribution in [3.8, 4) is 17.0 Å². The van der Waals surface area contributed by atoms with Crippen LogP contribution in [0.2, 0.25) is 0 Å². The van der Waals surface area contributed by atoms with Crippen molar-refractivity contribution in [2.75, 3.05) is 0 Å². The fourth-order valence-corrected chi connectivity index (χ4v) is 1.96. The summed E-state index contributed by atoms with van der Waals surface area (Å²) in [6.45, 7) is 1.74. The van der Waals surface area contributed by atoms with E-state index < -0.39 is 5.97 Å². The van der Waals surface area contributed by atoms with Crippen LogP contribution in [0.15, 0.2) is 27.2 Å². The van der Waals surface area contributed by atoms with E-state index in [9.17, 15) is 9.90 Å². The number of phenolic OH excluding ortho intramolecular Hbond substituents is 1. The molecule has 0 bridgehead atoms. The lowest BCUT2D eigenvalue weighted by Gasteiger charge is -2.03. The summed E-state index contributed by atoms with van der Waals surface area (Å²) in [6, 6.07) is 4.68. The van der Waals surface area contributed by atoms with Gasteiger partial charge in [-0.2, -0.15) is 0 Å². The molecule has 5 nitrogen and oxygen atoms in total. The molecule has 6 heteroatoms. The minimum Gasteiger partial charge on any atom is -0.506 e. The second-order valence-electron chi connectivity index (χ2n) is 3.51. The van der Waals surface area contributed by atoms with Gasteiger partial charge in [-0.15, -0.1) is 0 Å². The van der Waals surface area contributed by atoms with Crippen LogP contribution in [0.4, 0.5) is 0 Å². The molecule has 0 atom stereocenters. The molecule has 2 aromatic rings.